The highest BCUT2D eigenvalue weighted by Crippen LogP contribution is 2.20. The minimum atomic E-state index is -0.131. The number of nitrogens with zero attached hydrogens (tertiary/aromatic N) is 3. The van der Waals surface area contributed by atoms with Crippen LogP contribution in [0.4, 0.5) is 10.5 Å². The summed E-state index contributed by atoms with van der Waals surface area (Å²) < 4.78 is 5.80. The Morgan fingerprint density at radius 3 is 2.27 bits per heavy atom. The number of nitrogens with two attached hydrogens (primary N) is 2. The molecule has 2 aliphatic rings. The van der Waals surface area contributed by atoms with Crippen molar-refractivity contribution in [1.82, 2.24) is 15.1 Å². The van der Waals surface area contributed by atoms with Crippen molar-refractivity contribution in [2.45, 2.75) is 57.6 Å². The summed E-state index contributed by atoms with van der Waals surface area (Å²) in [6.45, 7) is 4.72. The van der Waals surface area contributed by atoms with E-state index in [0.717, 1.165) is 57.9 Å². The summed E-state index contributed by atoms with van der Waals surface area (Å²) in [6, 6.07) is 7.82. The first-order chi connectivity index (χ1) is 14.6. The van der Waals surface area contributed by atoms with Gasteiger partial charge in [-0.05, 0) is 43.4 Å². The number of benzene rings is 1. The van der Waals surface area contributed by atoms with Crippen LogP contribution in [-0.2, 0) is 11.3 Å². The Balaban J connectivity index is 1.33. The largest absolute Gasteiger partial charge is 0.446 e. The molecule has 1 amide bonds. The monoisotopic (exact) mass is 416 g/mol. The fraction of sp³-hybridized carbons (Fsp3) is 0.636. The van der Waals surface area contributed by atoms with Gasteiger partial charge in [0.15, 0.2) is 5.96 Å². The molecule has 0 aromatic heterocycles. The van der Waals surface area contributed by atoms with Gasteiger partial charge in [0, 0.05) is 39.4 Å². The smallest absolute Gasteiger partial charge is 0.410 e. The minimum Gasteiger partial charge on any atom is -0.446 e. The van der Waals surface area contributed by atoms with Gasteiger partial charge in [0.05, 0.1) is 5.69 Å². The first-order valence-electron chi connectivity index (χ1n) is 11.2. The number of aliphatic imine (C=N–C) groups is 1. The van der Waals surface area contributed by atoms with Crippen LogP contribution in [0, 0.1) is 0 Å². The normalized spacial score (nSPS) is 19.0. The van der Waals surface area contributed by atoms with Gasteiger partial charge < -0.3 is 26.4 Å². The number of carbonyl (C=O) groups excluding carboxylic acids is 1. The highest BCUT2D eigenvalue weighted by Gasteiger charge is 2.24. The van der Waals surface area contributed by atoms with Crippen molar-refractivity contribution in [1.29, 1.82) is 0 Å². The maximum atomic E-state index is 12.5. The fourth-order valence-corrected chi connectivity index (χ4v) is 4.04. The lowest BCUT2D eigenvalue weighted by atomic mass is 9.99. The molecule has 1 aromatic carbocycles. The minimum absolute atomic E-state index is 0.0635. The quantitative estimate of drug-likeness (QED) is 0.486. The molecule has 1 saturated carbocycles. The number of hydrogen-bond acceptors (Lipinski definition) is 5. The molecule has 0 bridgehead atoms. The van der Waals surface area contributed by atoms with Crippen LogP contribution in [0.1, 0.15) is 50.5 Å². The average molecular weight is 417 g/mol. The van der Waals surface area contributed by atoms with Crippen molar-refractivity contribution < 1.29 is 9.53 Å². The third kappa shape index (κ3) is 7.50. The van der Waals surface area contributed by atoms with E-state index in [1.807, 2.05) is 29.2 Å². The molecule has 30 heavy (non-hydrogen) atoms. The summed E-state index contributed by atoms with van der Waals surface area (Å²) in [6.07, 6.45) is 8.21. The Morgan fingerprint density at radius 1 is 1.00 bits per heavy atom. The third-order valence-corrected chi connectivity index (χ3v) is 5.81. The number of piperazine rings is 1. The number of nitrogens with one attached hydrogen (secondary N) is 1. The van der Waals surface area contributed by atoms with Gasteiger partial charge >= 0.3 is 6.09 Å². The van der Waals surface area contributed by atoms with E-state index in [0.29, 0.717) is 0 Å². The molecule has 1 heterocycles. The van der Waals surface area contributed by atoms with Crippen LogP contribution in [0.2, 0.25) is 0 Å². The zero-order valence-electron chi connectivity index (χ0n) is 17.9. The average Bonchev–Trinajstić information content (AvgIpc) is 2.71. The van der Waals surface area contributed by atoms with Crippen molar-refractivity contribution in [3.63, 3.8) is 0 Å². The lowest BCUT2D eigenvalue weighted by Crippen LogP contribution is -2.51. The SMILES string of the molecule is NC(N)=Nc1ccc(CNCN2CCN(C(=O)OC3CCCCCCC3)CC2)cc1. The first-order valence-corrected chi connectivity index (χ1v) is 11.2. The Bertz CT molecular complexity index is 673. The Labute approximate surface area is 179 Å². The second-order valence-electron chi connectivity index (χ2n) is 8.24. The number of rotatable bonds is 6. The van der Waals surface area contributed by atoms with E-state index in [2.05, 4.69) is 15.2 Å². The van der Waals surface area contributed by atoms with E-state index in [-0.39, 0.29) is 18.2 Å². The Hall–Kier alpha value is -2.32. The third-order valence-electron chi connectivity index (χ3n) is 5.81. The van der Waals surface area contributed by atoms with Gasteiger partial charge in [-0.3, -0.25) is 4.90 Å². The summed E-state index contributed by atoms with van der Waals surface area (Å²) >= 11 is 0. The van der Waals surface area contributed by atoms with Crippen molar-refractivity contribution >= 4 is 17.7 Å². The van der Waals surface area contributed by atoms with E-state index in [1.54, 1.807) is 0 Å². The van der Waals surface area contributed by atoms with Gasteiger partial charge in [0.1, 0.15) is 6.10 Å². The van der Waals surface area contributed by atoms with Crippen LogP contribution in [-0.4, -0.2) is 60.8 Å². The molecule has 0 atom stereocenters. The van der Waals surface area contributed by atoms with E-state index in [9.17, 15) is 4.79 Å². The standard InChI is InChI=1S/C22H36N6O2/c23-21(24)26-19-10-8-18(9-11-19)16-25-17-27-12-14-28(15-13-27)22(29)30-20-6-4-2-1-3-5-7-20/h8-11,20,25H,1-7,12-17H2,(H4,23,24,26). The maximum absolute atomic E-state index is 12.5. The number of guanidine groups is 1. The topological polar surface area (TPSA) is 109 Å². The lowest BCUT2D eigenvalue weighted by molar-refractivity contribution is 0.0359. The second kappa shape index (κ2) is 11.8. The van der Waals surface area contributed by atoms with Crippen molar-refractivity contribution in [3.05, 3.63) is 29.8 Å². The molecule has 1 aromatic rings. The van der Waals surface area contributed by atoms with Crippen LogP contribution in [0.25, 0.3) is 0 Å². The molecule has 166 valence electrons. The molecule has 8 heteroatoms. The zero-order valence-corrected chi connectivity index (χ0v) is 17.9. The summed E-state index contributed by atoms with van der Waals surface area (Å²) in [4.78, 5) is 20.7. The summed E-state index contributed by atoms with van der Waals surface area (Å²) in [5, 5.41) is 3.46. The van der Waals surface area contributed by atoms with E-state index >= 15 is 0 Å². The molecule has 3 rings (SSSR count). The zero-order chi connectivity index (χ0) is 21.2. The number of carbonyl (C=O) groups is 1. The van der Waals surface area contributed by atoms with Crippen molar-refractivity contribution in [3.8, 4) is 0 Å². The lowest BCUT2D eigenvalue weighted by Gasteiger charge is -2.35. The van der Waals surface area contributed by atoms with Crippen LogP contribution in [0.5, 0.6) is 0 Å². The van der Waals surface area contributed by atoms with Crippen LogP contribution < -0.4 is 16.8 Å². The van der Waals surface area contributed by atoms with Crippen LogP contribution in [0.15, 0.2) is 29.3 Å². The summed E-state index contributed by atoms with van der Waals surface area (Å²) in [5.41, 5.74) is 12.7. The first kappa shape index (κ1) is 22.4. The van der Waals surface area contributed by atoms with Gasteiger partial charge in [0.2, 0.25) is 0 Å². The Morgan fingerprint density at radius 2 is 1.63 bits per heavy atom. The molecule has 0 unspecified atom stereocenters. The maximum Gasteiger partial charge on any atom is 0.410 e. The number of ether oxygens (including phenoxy) is 1. The number of hydrogen-bond donors (Lipinski definition) is 3. The van der Waals surface area contributed by atoms with Gasteiger partial charge in [0.25, 0.3) is 0 Å². The predicted octanol–water partition coefficient (Wildman–Crippen LogP) is 2.51. The fourth-order valence-electron chi connectivity index (χ4n) is 4.04. The van der Waals surface area contributed by atoms with E-state index in [4.69, 9.17) is 16.2 Å². The van der Waals surface area contributed by atoms with Gasteiger partial charge in [-0.1, -0.05) is 31.4 Å². The van der Waals surface area contributed by atoms with Crippen molar-refractivity contribution in [2.24, 2.45) is 16.5 Å². The molecule has 0 radical (unpaired) electrons. The summed E-state index contributed by atoms with van der Waals surface area (Å²) in [5.74, 6) is 0.0635. The summed E-state index contributed by atoms with van der Waals surface area (Å²) in [7, 11) is 0. The molecule has 1 saturated heterocycles. The second-order valence-corrected chi connectivity index (χ2v) is 8.24. The molecular weight excluding hydrogens is 380 g/mol. The van der Waals surface area contributed by atoms with E-state index < -0.39 is 0 Å². The molecule has 8 nitrogen and oxygen atoms in total. The predicted molar refractivity (Wildman–Crippen MR) is 119 cm³/mol. The number of amides is 1. The molecule has 1 aliphatic carbocycles. The molecular formula is C22H36N6O2. The molecule has 1 aliphatic heterocycles. The highest BCUT2D eigenvalue weighted by atomic mass is 16.6. The van der Waals surface area contributed by atoms with Crippen LogP contribution >= 0.6 is 0 Å². The molecule has 0 spiro atoms. The van der Waals surface area contributed by atoms with Gasteiger partial charge in [-0.25, -0.2) is 9.79 Å². The Kier molecular flexibility index (Phi) is 8.77. The van der Waals surface area contributed by atoms with Gasteiger partial charge in [-0.2, -0.15) is 0 Å². The van der Waals surface area contributed by atoms with Crippen LogP contribution in [0.3, 0.4) is 0 Å². The van der Waals surface area contributed by atoms with Gasteiger partial charge in [-0.15, -0.1) is 0 Å². The molecule has 2 fully saturated rings. The highest BCUT2D eigenvalue weighted by molar-refractivity contribution is 5.78. The molecule has 5 N–H and O–H groups in total. The van der Waals surface area contributed by atoms with Crippen molar-refractivity contribution in [2.75, 3.05) is 32.8 Å². The van der Waals surface area contributed by atoms with E-state index in [1.165, 1.54) is 37.7 Å².